The number of nitrogens with zero attached hydrogens (tertiary/aromatic N) is 2. The molecule has 5 heteroatoms. The third-order valence-electron chi connectivity index (χ3n) is 1.96. The maximum Gasteiger partial charge on any atom is 0.289 e. The van der Waals surface area contributed by atoms with Crippen molar-refractivity contribution in [2.45, 2.75) is 13.8 Å². The number of fused-ring (bicyclic) bond motifs is 1. The molecule has 0 unspecified atom stereocenters. The summed E-state index contributed by atoms with van der Waals surface area (Å²) in [5, 5.41) is 2.60. The molecule has 0 atom stereocenters. The molecule has 0 aliphatic heterocycles. The number of hydrogen-bond acceptors (Lipinski definition) is 3. The third kappa shape index (κ3) is 1.00. The molecule has 0 saturated heterocycles. The minimum Gasteiger partial charge on any atom is -0.391 e. The molecule has 68 valence electrons. The van der Waals surface area contributed by atoms with Gasteiger partial charge in [-0.2, -0.15) is 0 Å². The van der Waals surface area contributed by atoms with Crippen LogP contribution in [0.15, 0.2) is 10.9 Å². The first-order valence-electron chi connectivity index (χ1n) is 3.94. The fraction of sp³-hybridized carbons (Fsp3) is 0.250. The van der Waals surface area contributed by atoms with Crippen molar-refractivity contribution in [1.29, 1.82) is 0 Å². The van der Waals surface area contributed by atoms with Crippen molar-refractivity contribution in [2.75, 3.05) is 5.73 Å². The van der Waals surface area contributed by atoms with E-state index in [9.17, 15) is 4.79 Å². The number of nitrogen functional groups attached to an aromatic ring is 1. The monoisotopic (exact) mass is 178 g/mol. The van der Waals surface area contributed by atoms with Crippen LogP contribution in [0.1, 0.15) is 11.4 Å². The Balaban J connectivity index is 3.03. The van der Waals surface area contributed by atoms with E-state index in [0.29, 0.717) is 5.65 Å². The molecule has 0 saturated carbocycles. The number of aromatic nitrogens is 3. The highest BCUT2D eigenvalue weighted by atomic mass is 16.1. The molecule has 13 heavy (non-hydrogen) atoms. The number of anilines is 1. The fourth-order valence-electron chi connectivity index (χ4n) is 1.37. The van der Waals surface area contributed by atoms with Crippen molar-refractivity contribution in [3.05, 3.63) is 27.8 Å². The van der Waals surface area contributed by atoms with Crippen molar-refractivity contribution in [3.63, 3.8) is 0 Å². The van der Waals surface area contributed by atoms with Crippen LogP contribution < -0.4 is 11.3 Å². The average Bonchev–Trinajstić information content (AvgIpc) is 2.32. The third-order valence-corrected chi connectivity index (χ3v) is 1.96. The molecule has 2 aromatic heterocycles. The standard InChI is InChI=1S/C8H10N4O/c1-4-3-5(2)12-7(10-4)6(9)8(13)11-12/h3H,9H2,1-2H3,(H,11,13). The number of aryl methyl sites for hydroxylation is 2. The Labute approximate surface area is 74.2 Å². The van der Waals surface area contributed by atoms with Crippen molar-refractivity contribution < 1.29 is 0 Å². The zero-order valence-electron chi connectivity index (χ0n) is 7.46. The number of aromatic amines is 1. The van der Waals surface area contributed by atoms with E-state index in [1.165, 1.54) is 0 Å². The predicted octanol–water partition coefficient (Wildman–Crippen LogP) is 0.222. The zero-order valence-corrected chi connectivity index (χ0v) is 7.46. The molecule has 2 aromatic rings. The number of nitrogens with one attached hydrogen (secondary N) is 1. The van der Waals surface area contributed by atoms with Gasteiger partial charge < -0.3 is 5.73 Å². The van der Waals surface area contributed by atoms with Gasteiger partial charge in [-0.3, -0.25) is 9.89 Å². The molecule has 0 spiro atoms. The first-order valence-corrected chi connectivity index (χ1v) is 3.94. The van der Waals surface area contributed by atoms with Crippen molar-refractivity contribution in [2.24, 2.45) is 0 Å². The molecule has 2 rings (SSSR count). The topological polar surface area (TPSA) is 76.2 Å². The van der Waals surface area contributed by atoms with Gasteiger partial charge in [0.15, 0.2) is 5.65 Å². The van der Waals surface area contributed by atoms with Crippen LogP contribution in [-0.2, 0) is 0 Å². The normalized spacial score (nSPS) is 10.9. The van der Waals surface area contributed by atoms with Crippen LogP contribution in [-0.4, -0.2) is 14.6 Å². The number of hydrogen-bond donors (Lipinski definition) is 2. The lowest BCUT2D eigenvalue weighted by molar-refractivity contribution is 0.871. The van der Waals surface area contributed by atoms with Crippen LogP contribution in [0.25, 0.3) is 5.65 Å². The van der Waals surface area contributed by atoms with E-state index in [2.05, 4.69) is 10.1 Å². The van der Waals surface area contributed by atoms with Gasteiger partial charge in [0.1, 0.15) is 5.69 Å². The first kappa shape index (κ1) is 7.85. The van der Waals surface area contributed by atoms with Gasteiger partial charge in [0, 0.05) is 11.4 Å². The van der Waals surface area contributed by atoms with E-state index in [1.807, 2.05) is 19.9 Å². The van der Waals surface area contributed by atoms with Gasteiger partial charge in [-0.05, 0) is 19.9 Å². The first-order chi connectivity index (χ1) is 6.09. The Morgan fingerprint density at radius 1 is 1.54 bits per heavy atom. The molecular formula is C8H10N4O. The Morgan fingerprint density at radius 3 is 2.92 bits per heavy atom. The second kappa shape index (κ2) is 2.35. The summed E-state index contributed by atoms with van der Waals surface area (Å²) < 4.78 is 1.59. The molecular weight excluding hydrogens is 168 g/mol. The summed E-state index contributed by atoms with van der Waals surface area (Å²) in [4.78, 5) is 15.3. The summed E-state index contributed by atoms with van der Waals surface area (Å²) in [5.41, 5.74) is 7.70. The van der Waals surface area contributed by atoms with Crippen LogP contribution >= 0.6 is 0 Å². The number of H-pyrrole nitrogens is 1. The van der Waals surface area contributed by atoms with Gasteiger partial charge in [0.25, 0.3) is 5.56 Å². The molecule has 0 amide bonds. The number of rotatable bonds is 0. The molecule has 0 aliphatic rings. The van der Waals surface area contributed by atoms with Crippen molar-refractivity contribution in [3.8, 4) is 0 Å². The van der Waals surface area contributed by atoms with E-state index in [0.717, 1.165) is 11.4 Å². The summed E-state index contributed by atoms with van der Waals surface area (Å²) in [6.45, 7) is 3.75. The molecule has 0 bridgehead atoms. The van der Waals surface area contributed by atoms with Crippen LogP contribution in [0.3, 0.4) is 0 Å². The van der Waals surface area contributed by atoms with E-state index in [-0.39, 0.29) is 11.2 Å². The van der Waals surface area contributed by atoms with Crippen LogP contribution in [0.5, 0.6) is 0 Å². The summed E-state index contributed by atoms with van der Waals surface area (Å²) in [7, 11) is 0. The highest BCUT2D eigenvalue weighted by Gasteiger charge is 2.07. The van der Waals surface area contributed by atoms with Crippen molar-refractivity contribution >= 4 is 11.3 Å². The lowest BCUT2D eigenvalue weighted by Crippen LogP contribution is -2.05. The molecule has 0 aromatic carbocycles. The van der Waals surface area contributed by atoms with Crippen molar-refractivity contribution in [1.82, 2.24) is 14.6 Å². The summed E-state index contributed by atoms with van der Waals surface area (Å²) in [6.07, 6.45) is 0. The average molecular weight is 178 g/mol. The maximum atomic E-state index is 11.2. The highest BCUT2D eigenvalue weighted by molar-refractivity contribution is 5.63. The largest absolute Gasteiger partial charge is 0.391 e. The lowest BCUT2D eigenvalue weighted by atomic mass is 10.3. The van der Waals surface area contributed by atoms with E-state index < -0.39 is 0 Å². The summed E-state index contributed by atoms with van der Waals surface area (Å²) >= 11 is 0. The van der Waals surface area contributed by atoms with Gasteiger partial charge in [-0.15, -0.1) is 0 Å². The second-order valence-electron chi connectivity index (χ2n) is 3.05. The van der Waals surface area contributed by atoms with Crippen LogP contribution in [0.2, 0.25) is 0 Å². The fourth-order valence-corrected chi connectivity index (χ4v) is 1.37. The van der Waals surface area contributed by atoms with Gasteiger partial charge in [0.05, 0.1) is 0 Å². The molecule has 0 fully saturated rings. The Hall–Kier alpha value is -1.78. The molecule has 5 nitrogen and oxygen atoms in total. The SMILES string of the molecule is Cc1cc(C)n2[nH]c(=O)c(N)c2n1. The van der Waals surface area contributed by atoms with Gasteiger partial charge in [-0.1, -0.05) is 0 Å². The second-order valence-corrected chi connectivity index (χ2v) is 3.05. The van der Waals surface area contributed by atoms with Crippen LogP contribution in [0.4, 0.5) is 5.69 Å². The Kier molecular flexibility index (Phi) is 1.42. The van der Waals surface area contributed by atoms with Crippen LogP contribution in [0, 0.1) is 13.8 Å². The highest BCUT2D eigenvalue weighted by Crippen LogP contribution is 2.08. The van der Waals surface area contributed by atoms with E-state index >= 15 is 0 Å². The molecule has 3 N–H and O–H groups in total. The Bertz CT molecular complexity index is 523. The molecule has 0 aliphatic carbocycles. The van der Waals surface area contributed by atoms with E-state index in [4.69, 9.17) is 5.73 Å². The van der Waals surface area contributed by atoms with E-state index in [1.54, 1.807) is 4.52 Å². The predicted molar refractivity (Wildman–Crippen MR) is 49.7 cm³/mol. The Morgan fingerprint density at radius 2 is 2.23 bits per heavy atom. The quantitative estimate of drug-likeness (QED) is 0.606. The van der Waals surface area contributed by atoms with Gasteiger partial charge >= 0.3 is 0 Å². The summed E-state index contributed by atoms with van der Waals surface area (Å²) in [6, 6.07) is 1.88. The van der Waals surface area contributed by atoms with Gasteiger partial charge in [-0.25, -0.2) is 9.50 Å². The minimum atomic E-state index is -0.291. The minimum absolute atomic E-state index is 0.173. The summed E-state index contributed by atoms with van der Waals surface area (Å²) in [5.74, 6) is 0. The molecule has 2 heterocycles. The zero-order chi connectivity index (χ0) is 9.59. The lowest BCUT2D eigenvalue weighted by Gasteiger charge is -2.00. The molecule has 0 radical (unpaired) electrons. The van der Waals surface area contributed by atoms with Gasteiger partial charge in [0.2, 0.25) is 0 Å². The maximum absolute atomic E-state index is 11.2. The smallest absolute Gasteiger partial charge is 0.289 e. The number of nitrogens with two attached hydrogens (primary N) is 1.